The Morgan fingerprint density at radius 3 is 2.08 bits per heavy atom. The third-order valence-electron chi connectivity index (χ3n) is 13.4. The molecule has 0 radical (unpaired) electrons. The quantitative estimate of drug-likeness (QED) is 0.132. The molecule has 23 nitrogen and oxygen atoms in total. The lowest BCUT2D eigenvalue weighted by Gasteiger charge is -2.33. The van der Waals surface area contributed by atoms with Crippen LogP contribution in [0, 0.1) is 19.8 Å². The topological polar surface area (TPSA) is 349 Å². The molecule has 0 saturated carbocycles. The van der Waals surface area contributed by atoms with E-state index in [0.717, 1.165) is 27.5 Å². The van der Waals surface area contributed by atoms with E-state index in [1.54, 1.807) is 34.6 Å². The number of nitrogens with one attached hydrogen (secondary N) is 8. The van der Waals surface area contributed by atoms with Gasteiger partial charge in [-0.25, -0.2) is 0 Å². The fraction of sp³-hybridized carbons (Fsp3) is 0.653. The molecule has 9 atom stereocenters. The molecule has 11 amide bonds. The number of nitrogens with zero attached hydrogens (tertiary/aromatic N) is 1. The molecule has 3 saturated heterocycles. The second kappa shape index (κ2) is 28.0. The SMILES string of the molecule is CC[C@H](C)[C@@H]1NC(=O)[C@@H]([C@@H](C)c2c(C)cc(OC)cc2C)NC(=O)CC(C)(C)SSC[C@H]2NC(=O)[C@@H](CC(N)=O)NC(=O)[C@H](CCC(=O)NCCCC[C@@H](C(=O)NCC(N)=O)NC(=O)[C@@H]3CCCN3C2=O)NC1=O. The van der Waals surface area contributed by atoms with Crippen molar-refractivity contribution in [3.63, 3.8) is 0 Å². The smallest absolute Gasteiger partial charge is 0.246 e. The van der Waals surface area contributed by atoms with Gasteiger partial charge in [-0.1, -0.05) is 48.8 Å². The molecule has 3 aliphatic heterocycles. The molecule has 3 heterocycles. The highest BCUT2D eigenvalue weighted by Crippen LogP contribution is 2.39. The van der Waals surface area contributed by atoms with Gasteiger partial charge in [0.25, 0.3) is 0 Å². The van der Waals surface area contributed by atoms with Crippen LogP contribution >= 0.6 is 21.6 Å². The van der Waals surface area contributed by atoms with Crippen molar-refractivity contribution in [1.82, 2.24) is 47.4 Å². The standard InChI is InChI=1S/C49H75N11O12S2/c1-9-25(2)40-46(69)55-31-15-16-37(63)52-17-11-10-13-30(42(65)53-23-36(51)62)54-45(68)34-14-12-18-60(34)48(71)33(57-44(67)32(21-35(50)61)56-43(31)66)24-73-74-49(6,7)22-38(64)58-41(47(70)59-40)28(5)39-26(3)19-29(72-8)20-27(39)4/h19-20,25,28,30-34,40-41H,9-18,21-24H2,1-8H3,(H2,50,61)(H2,51,62)(H,52,63)(H,53,65)(H,54,68)(H,55,69)(H,56,66)(H,57,67)(H,58,64)(H,59,70)/t25-,28-,30-,31-,32+,33+,34-,40-,41+/m0/s1. The van der Waals surface area contributed by atoms with Crippen molar-refractivity contribution in [2.45, 2.75) is 166 Å². The van der Waals surface area contributed by atoms with Crippen molar-refractivity contribution in [2.75, 3.05) is 32.5 Å². The van der Waals surface area contributed by atoms with E-state index >= 15 is 0 Å². The van der Waals surface area contributed by atoms with Gasteiger partial charge < -0.3 is 63.6 Å². The predicted octanol–water partition coefficient (Wildman–Crippen LogP) is -0.518. The van der Waals surface area contributed by atoms with Crippen LogP contribution in [0.1, 0.15) is 121 Å². The molecular weight excluding hydrogens is 999 g/mol. The second-order valence-electron chi connectivity index (χ2n) is 19.9. The van der Waals surface area contributed by atoms with Gasteiger partial charge in [0.15, 0.2) is 0 Å². The lowest BCUT2D eigenvalue weighted by molar-refractivity contribution is -0.142. The Morgan fingerprint density at radius 2 is 1.45 bits per heavy atom. The van der Waals surface area contributed by atoms with E-state index in [2.05, 4.69) is 42.5 Å². The van der Waals surface area contributed by atoms with Crippen LogP contribution in [-0.2, 0) is 52.7 Å². The first kappa shape index (κ1) is 60.4. The van der Waals surface area contributed by atoms with E-state index in [1.165, 1.54) is 22.8 Å². The number of hydrogen-bond donors (Lipinski definition) is 10. The molecular formula is C49H75N11O12S2. The molecule has 25 heteroatoms. The summed E-state index contributed by atoms with van der Waals surface area (Å²) in [4.78, 5) is 153. The number of aryl methyl sites for hydroxylation is 2. The Kier molecular flexibility index (Phi) is 22.8. The number of methoxy groups -OCH3 is 1. The van der Waals surface area contributed by atoms with Crippen molar-refractivity contribution < 1.29 is 57.5 Å². The van der Waals surface area contributed by atoms with E-state index in [1.807, 2.05) is 26.0 Å². The van der Waals surface area contributed by atoms with Crippen LogP contribution in [0.2, 0.25) is 0 Å². The van der Waals surface area contributed by atoms with Crippen LogP contribution in [0.4, 0.5) is 0 Å². The minimum atomic E-state index is -1.71. The highest BCUT2D eigenvalue weighted by molar-refractivity contribution is 8.77. The maximum atomic E-state index is 14.7. The Hall–Kier alpha value is -6.11. The molecule has 3 aliphatic rings. The van der Waals surface area contributed by atoms with Crippen LogP contribution in [0.3, 0.4) is 0 Å². The van der Waals surface area contributed by atoms with Gasteiger partial charge in [-0.2, -0.15) is 0 Å². The number of amides is 11. The van der Waals surface area contributed by atoms with Gasteiger partial charge in [-0.15, -0.1) is 0 Å². The maximum Gasteiger partial charge on any atom is 0.246 e. The van der Waals surface area contributed by atoms with Gasteiger partial charge in [0.1, 0.15) is 48.0 Å². The zero-order chi connectivity index (χ0) is 55.0. The lowest BCUT2D eigenvalue weighted by atomic mass is 9.85. The van der Waals surface area contributed by atoms with Gasteiger partial charge in [-0.3, -0.25) is 52.7 Å². The Bertz CT molecular complexity index is 2260. The zero-order valence-electron chi connectivity index (χ0n) is 43.6. The molecule has 3 fully saturated rings. The number of ether oxygens (including phenoxy) is 1. The normalized spacial score (nSPS) is 26.4. The van der Waals surface area contributed by atoms with Gasteiger partial charge >= 0.3 is 0 Å². The first-order valence-electron chi connectivity index (χ1n) is 25.0. The molecule has 1 aromatic rings. The summed E-state index contributed by atoms with van der Waals surface area (Å²) in [5, 5.41) is 21.5. The predicted molar refractivity (Wildman–Crippen MR) is 278 cm³/mol. The molecule has 0 spiro atoms. The maximum absolute atomic E-state index is 14.7. The molecule has 74 heavy (non-hydrogen) atoms. The van der Waals surface area contributed by atoms with Gasteiger partial charge in [0, 0.05) is 42.3 Å². The zero-order valence-corrected chi connectivity index (χ0v) is 45.2. The van der Waals surface area contributed by atoms with Gasteiger partial charge in [0.2, 0.25) is 65.0 Å². The number of primary amides is 2. The summed E-state index contributed by atoms with van der Waals surface area (Å²) < 4.78 is 4.59. The molecule has 0 unspecified atom stereocenters. The summed E-state index contributed by atoms with van der Waals surface area (Å²) in [7, 11) is 3.88. The molecule has 2 bridgehead atoms. The first-order chi connectivity index (χ1) is 34.9. The minimum Gasteiger partial charge on any atom is -0.497 e. The van der Waals surface area contributed by atoms with E-state index in [4.69, 9.17) is 16.2 Å². The Balaban J connectivity index is 1.86. The highest BCUT2D eigenvalue weighted by Gasteiger charge is 2.42. The van der Waals surface area contributed by atoms with Crippen molar-refractivity contribution in [1.29, 1.82) is 0 Å². The van der Waals surface area contributed by atoms with E-state index in [-0.39, 0.29) is 50.9 Å². The average Bonchev–Trinajstić information content (AvgIpc) is 3.83. The number of hydrogen-bond acceptors (Lipinski definition) is 14. The van der Waals surface area contributed by atoms with Gasteiger partial charge in [0.05, 0.1) is 20.1 Å². The Morgan fingerprint density at radius 1 is 0.784 bits per heavy atom. The lowest BCUT2D eigenvalue weighted by Crippen LogP contribution is -2.61. The molecule has 410 valence electrons. The molecule has 1 aromatic carbocycles. The number of carbonyl (C=O) groups is 11. The largest absolute Gasteiger partial charge is 0.497 e. The van der Waals surface area contributed by atoms with E-state index < -0.39 is 137 Å². The van der Waals surface area contributed by atoms with Gasteiger partial charge in [-0.05, 0) is 101 Å². The number of fused-ring (bicyclic) bond motifs is 7. The molecule has 0 aliphatic carbocycles. The van der Waals surface area contributed by atoms with Crippen molar-refractivity contribution in [2.24, 2.45) is 17.4 Å². The van der Waals surface area contributed by atoms with Crippen molar-refractivity contribution in [3.8, 4) is 5.75 Å². The van der Waals surface area contributed by atoms with E-state index in [0.29, 0.717) is 31.4 Å². The summed E-state index contributed by atoms with van der Waals surface area (Å²) in [5.41, 5.74) is 13.2. The van der Waals surface area contributed by atoms with Crippen LogP contribution < -0.4 is 58.7 Å². The number of rotatable bonds is 10. The number of benzene rings is 1. The third-order valence-corrected chi connectivity index (χ3v) is 16.7. The number of carbonyl (C=O) groups excluding carboxylic acids is 11. The minimum absolute atomic E-state index is 0.0665. The highest BCUT2D eigenvalue weighted by atomic mass is 33.1. The monoisotopic (exact) mass is 1070 g/mol. The number of nitrogens with two attached hydrogens (primary N) is 2. The van der Waals surface area contributed by atoms with Crippen molar-refractivity contribution in [3.05, 3.63) is 28.8 Å². The summed E-state index contributed by atoms with van der Waals surface area (Å²) in [6.45, 7) is 12.3. The van der Waals surface area contributed by atoms with Crippen LogP contribution in [0.15, 0.2) is 12.1 Å². The summed E-state index contributed by atoms with van der Waals surface area (Å²) >= 11 is 0. The van der Waals surface area contributed by atoms with Crippen LogP contribution in [-0.4, -0.2) is 149 Å². The third kappa shape index (κ3) is 17.5. The fourth-order valence-electron chi connectivity index (χ4n) is 9.27. The van der Waals surface area contributed by atoms with Crippen LogP contribution in [0.5, 0.6) is 5.75 Å². The Labute approximate surface area is 439 Å². The molecule has 12 N–H and O–H groups in total. The summed E-state index contributed by atoms with van der Waals surface area (Å²) in [5.74, 6) is -9.25. The second-order valence-corrected chi connectivity index (χ2v) is 22.9. The first-order valence-corrected chi connectivity index (χ1v) is 27.4. The van der Waals surface area contributed by atoms with E-state index in [9.17, 15) is 52.7 Å². The fourth-order valence-corrected chi connectivity index (χ4v) is 12.0. The van der Waals surface area contributed by atoms with Crippen LogP contribution in [0.25, 0.3) is 0 Å². The summed E-state index contributed by atoms with van der Waals surface area (Å²) in [6, 6.07) is -5.86. The molecule has 0 aromatic heterocycles. The van der Waals surface area contributed by atoms with Crippen molar-refractivity contribution >= 4 is 86.6 Å². The molecule has 4 rings (SSSR count). The average molecular weight is 1070 g/mol. The summed E-state index contributed by atoms with van der Waals surface area (Å²) in [6.07, 6.45) is 0.0260.